The standard InChI is InChI=1S/C58H40N4/c1-4-16-40(17-5-1)51-38-52(41-18-6-2-7-19-41)60-58(59-51)42-32-30-39(31-33-42)43-34-35-49-48-24-10-12-27-53(48)62(56(49)37-43)46-23-14-20-44(36-46)47-26-15-29-55-57(47)50-25-11-13-28-54(50)61(55)45-21-8-3-9-22-45/h1-10,12-24,26-38H,11,25H2. The maximum Gasteiger partial charge on any atom is 0.160 e. The van der Waals surface area contributed by atoms with Gasteiger partial charge in [0, 0.05) is 49.9 Å². The van der Waals surface area contributed by atoms with E-state index in [0.717, 1.165) is 57.7 Å². The number of para-hydroxylation sites is 2. The van der Waals surface area contributed by atoms with Crippen LogP contribution in [0.15, 0.2) is 212 Å². The van der Waals surface area contributed by atoms with E-state index in [1.54, 1.807) is 0 Å². The molecule has 62 heavy (non-hydrogen) atoms. The normalized spacial score (nSPS) is 12.3. The van der Waals surface area contributed by atoms with Gasteiger partial charge in [0.2, 0.25) is 0 Å². The fourth-order valence-corrected chi connectivity index (χ4v) is 9.53. The third-order valence-corrected chi connectivity index (χ3v) is 12.4. The summed E-state index contributed by atoms with van der Waals surface area (Å²) in [5.41, 5.74) is 18.3. The average Bonchev–Trinajstić information content (AvgIpc) is 3.87. The van der Waals surface area contributed by atoms with E-state index in [0.29, 0.717) is 5.82 Å². The molecule has 3 aromatic heterocycles. The zero-order valence-electron chi connectivity index (χ0n) is 34.0. The van der Waals surface area contributed by atoms with Gasteiger partial charge in [-0.2, -0.15) is 0 Å². The number of hydrogen-bond donors (Lipinski definition) is 0. The van der Waals surface area contributed by atoms with Crippen molar-refractivity contribution in [2.45, 2.75) is 12.8 Å². The van der Waals surface area contributed by atoms with Crippen molar-refractivity contribution in [2.75, 3.05) is 0 Å². The Morgan fingerprint density at radius 1 is 0.387 bits per heavy atom. The molecule has 11 aromatic rings. The van der Waals surface area contributed by atoms with Gasteiger partial charge in [0.25, 0.3) is 0 Å². The lowest BCUT2D eigenvalue weighted by atomic mass is 9.94. The molecule has 0 saturated heterocycles. The number of benzene rings is 8. The number of hydrogen-bond acceptors (Lipinski definition) is 2. The first-order chi connectivity index (χ1) is 30.7. The highest BCUT2D eigenvalue weighted by atomic mass is 15.0. The molecule has 1 aliphatic rings. The molecular formula is C58H40N4. The number of fused-ring (bicyclic) bond motifs is 6. The molecule has 292 valence electrons. The van der Waals surface area contributed by atoms with Crippen LogP contribution in [-0.2, 0) is 6.42 Å². The molecule has 3 heterocycles. The average molecular weight is 793 g/mol. The van der Waals surface area contributed by atoms with Gasteiger partial charge in [-0.3, -0.25) is 0 Å². The van der Waals surface area contributed by atoms with E-state index < -0.39 is 0 Å². The molecule has 0 saturated carbocycles. The predicted octanol–water partition coefficient (Wildman–Crippen LogP) is 14.8. The van der Waals surface area contributed by atoms with Gasteiger partial charge < -0.3 is 9.13 Å². The minimum absolute atomic E-state index is 0.705. The molecule has 0 aliphatic heterocycles. The number of allylic oxidation sites excluding steroid dienone is 1. The van der Waals surface area contributed by atoms with E-state index in [2.05, 4.69) is 215 Å². The largest absolute Gasteiger partial charge is 0.310 e. The van der Waals surface area contributed by atoms with Crippen molar-refractivity contribution < 1.29 is 0 Å². The Morgan fingerprint density at radius 3 is 1.74 bits per heavy atom. The summed E-state index contributed by atoms with van der Waals surface area (Å²) in [5.74, 6) is 0.705. The van der Waals surface area contributed by atoms with Crippen molar-refractivity contribution in [1.29, 1.82) is 0 Å². The highest BCUT2D eigenvalue weighted by Crippen LogP contribution is 2.41. The summed E-state index contributed by atoms with van der Waals surface area (Å²) in [5, 5.41) is 3.81. The third kappa shape index (κ3) is 6.07. The monoisotopic (exact) mass is 792 g/mol. The fraction of sp³-hybridized carbons (Fsp3) is 0.0345. The maximum absolute atomic E-state index is 5.08. The molecule has 0 fully saturated rings. The lowest BCUT2D eigenvalue weighted by Gasteiger charge is -2.13. The molecule has 0 bridgehead atoms. The number of nitrogens with zero attached hydrogens (tertiary/aromatic N) is 4. The molecule has 0 N–H and O–H groups in total. The van der Waals surface area contributed by atoms with Gasteiger partial charge in [0.1, 0.15) is 0 Å². The lowest BCUT2D eigenvalue weighted by Crippen LogP contribution is -1.99. The summed E-state index contributed by atoms with van der Waals surface area (Å²) in [6.07, 6.45) is 6.70. The van der Waals surface area contributed by atoms with Crippen LogP contribution in [0, 0.1) is 0 Å². The van der Waals surface area contributed by atoms with E-state index in [4.69, 9.17) is 9.97 Å². The van der Waals surface area contributed by atoms with Crippen LogP contribution < -0.4 is 0 Å². The zero-order valence-corrected chi connectivity index (χ0v) is 34.0. The van der Waals surface area contributed by atoms with Crippen LogP contribution in [0.4, 0.5) is 0 Å². The first-order valence-corrected chi connectivity index (χ1v) is 21.4. The van der Waals surface area contributed by atoms with E-state index in [1.165, 1.54) is 60.8 Å². The highest BCUT2D eigenvalue weighted by Gasteiger charge is 2.22. The first kappa shape index (κ1) is 35.8. The van der Waals surface area contributed by atoms with Crippen molar-refractivity contribution in [3.8, 4) is 67.5 Å². The van der Waals surface area contributed by atoms with Crippen molar-refractivity contribution in [1.82, 2.24) is 19.1 Å². The van der Waals surface area contributed by atoms with Crippen LogP contribution in [0.5, 0.6) is 0 Å². The summed E-state index contributed by atoms with van der Waals surface area (Å²) in [6.45, 7) is 0. The van der Waals surface area contributed by atoms with E-state index in [-0.39, 0.29) is 0 Å². The minimum atomic E-state index is 0.705. The molecule has 4 heteroatoms. The zero-order chi connectivity index (χ0) is 41.0. The predicted molar refractivity (Wildman–Crippen MR) is 258 cm³/mol. The highest BCUT2D eigenvalue weighted by molar-refractivity contribution is 6.10. The summed E-state index contributed by atoms with van der Waals surface area (Å²) in [4.78, 5) is 10.2. The van der Waals surface area contributed by atoms with Gasteiger partial charge in [0.05, 0.1) is 27.9 Å². The van der Waals surface area contributed by atoms with Gasteiger partial charge in [-0.1, -0.05) is 164 Å². The molecule has 0 unspecified atom stereocenters. The molecular weight excluding hydrogens is 753 g/mol. The molecule has 0 radical (unpaired) electrons. The van der Waals surface area contributed by atoms with Gasteiger partial charge >= 0.3 is 0 Å². The van der Waals surface area contributed by atoms with Crippen molar-refractivity contribution in [3.05, 3.63) is 224 Å². The molecule has 1 aliphatic carbocycles. The lowest BCUT2D eigenvalue weighted by molar-refractivity contribution is 0.968. The Hall–Kier alpha value is -8.08. The molecule has 0 amide bonds. The Balaban J connectivity index is 0.960. The van der Waals surface area contributed by atoms with Crippen molar-refractivity contribution >= 4 is 38.8 Å². The fourth-order valence-electron chi connectivity index (χ4n) is 9.53. The van der Waals surface area contributed by atoms with Crippen LogP contribution in [0.3, 0.4) is 0 Å². The summed E-state index contributed by atoms with van der Waals surface area (Å²) < 4.78 is 4.87. The smallest absolute Gasteiger partial charge is 0.160 e. The molecule has 0 spiro atoms. The van der Waals surface area contributed by atoms with Crippen LogP contribution >= 0.6 is 0 Å². The van der Waals surface area contributed by atoms with Gasteiger partial charge in [-0.25, -0.2) is 9.97 Å². The third-order valence-electron chi connectivity index (χ3n) is 12.4. The Bertz CT molecular complexity index is 3430. The van der Waals surface area contributed by atoms with Gasteiger partial charge in [-0.05, 0) is 95.3 Å². The van der Waals surface area contributed by atoms with Crippen molar-refractivity contribution in [3.63, 3.8) is 0 Å². The van der Waals surface area contributed by atoms with Crippen LogP contribution in [0.25, 0.3) is 106 Å². The molecule has 8 aromatic carbocycles. The topological polar surface area (TPSA) is 35.6 Å². The second kappa shape index (κ2) is 14.9. The van der Waals surface area contributed by atoms with Crippen LogP contribution in [0.1, 0.15) is 17.7 Å². The summed E-state index contributed by atoms with van der Waals surface area (Å²) in [7, 11) is 0. The quantitative estimate of drug-likeness (QED) is 0.161. The van der Waals surface area contributed by atoms with Gasteiger partial charge in [-0.15, -0.1) is 0 Å². The van der Waals surface area contributed by atoms with E-state index in [9.17, 15) is 0 Å². The number of aromatic nitrogens is 4. The molecule has 0 atom stereocenters. The molecule has 12 rings (SSSR count). The van der Waals surface area contributed by atoms with E-state index >= 15 is 0 Å². The second-order valence-electron chi connectivity index (χ2n) is 16.1. The SMILES string of the molecule is C1=Cc2c(c3c(-c4cccc(-n5c6ccccc6c6ccc(-c7ccc(-c8nc(-c9ccccc9)cc(-c9ccccc9)n8)cc7)cc65)c4)cccc3n2-c2ccccc2)CC1. The maximum atomic E-state index is 5.08. The van der Waals surface area contributed by atoms with Gasteiger partial charge in [0.15, 0.2) is 5.82 Å². The summed E-state index contributed by atoms with van der Waals surface area (Å²) >= 11 is 0. The first-order valence-electron chi connectivity index (χ1n) is 21.4. The van der Waals surface area contributed by atoms with Crippen LogP contribution in [-0.4, -0.2) is 19.1 Å². The summed E-state index contributed by atoms with van der Waals surface area (Å²) in [6, 6.07) is 73.8. The Kier molecular flexibility index (Phi) is 8.60. The second-order valence-corrected chi connectivity index (χ2v) is 16.1. The Labute approximate surface area is 360 Å². The van der Waals surface area contributed by atoms with E-state index in [1.807, 2.05) is 12.1 Å². The number of rotatable bonds is 7. The Morgan fingerprint density at radius 2 is 0.984 bits per heavy atom. The van der Waals surface area contributed by atoms with Crippen LogP contribution in [0.2, 0.25) is 0 Å². The van der Waals surface area contributed by atoms with Crippen molar-refractivity contribution in [2.24, 2.45) is 0 Å². The minimum Gasteiger partial charge on any atom is -0.310 e. The molecule has 4 nitrogen and oxygen atoms in total. The number of aryl methyl sites for hydroxylation is 1.